The molecule has 5 aliphatic rings. The Balaban J connectivity index is 1.23. The van der Waals surface area contributed by atoms with Crippen molar-refractivity contribution in [3.8, 4) is 0 Å². The van der Waals surface area contributed by atoms with Crippen LogP contribution in [-0.4, -0.2) is 85.3 Å². The summed E-state index contributed by atoms with van der Waals surface area (Å²) < 4.78 is 11.2. The lowest BCUT2D eigenvalue weighted by Gasteiger charge is -2.42. The molecule has 2 aliphatic carbocycles. The van der Waals surface area contributed by atoms with Crippen LogP contribution in [0.1, 0.15) is 65.2 Å². The number of carbonyl (C=O) groups is 2. The number of nitrogens with zero attached hydrogens (tertiary/aromatic N) is 2. The summed E-state index contributed by atoms with van der Waals surface area (Å²) in [5, 5.41) is 3.83. The highest BCUT2D eigenvalue weighted by Crippen LogP contribution is 2.48. The van der Waals surface area contributed by atoms with Crippen LogP contribution in [0, 0.1) is 17.3 Å². The molecule has 0 unspecified atom stereocenters. The van der Waals surface area contributed by atoms with Gasteiger partial charge in [-0.1, -0.05) is 20.3 Å². The molecule has 32 heavy (non-hydrogen) atoms. The molecule has 5 rings (SSSR count). The molecule has 7 heteroatoms. The third-order valence-corrected chi connectivity index (χ3v) is 9.38. The van der Waals surface area contributed by atoms with Gasteiger partial charge in [-0.2, -0.15) is 0 Å². The van der Waals surface area contributed by atoms with Gasteiger partial charge in [-0.05, 0) is 50.9 Å². The zero-order valence-electron chi connectivity index (χ0n) is 20.1. The van der Waals surface area contributed by atoms with Crippen LogP contribution < -0.4 is 5.32 Å². The third kappa shape index (κ3) is 3.78. The normalized spacial score (nSPS) is 39.7. The lowest BCUT2D eigenvalue weighted by Crippen LogP contribution is -2.56. The van der Waals surface area contributed by atoms with Gasteiger partial charge in [0, 0.05) is 44.8 Å². The van der Waals surface area contributed by atoms with Gasteiger partial charge in [-0.3, -0.25) is 9.59 Å². The molecule has 3 aliphatic heterocycles. The lowest BCUT2D eigenvalue weighted by molar-refractivity contribution is -0.151. The topological polar surface area (TPSA) is 71.1 Å². The molecule has 7 nitrogen and oxygen atoms in total. The van der Waals surface area contributed by atoms with Gasteiger partial charge in [-0.15, -0.1) is 0 Å². The fourth-order valence-electron chi connectivity index (χ4n) is 6.98. The SMILES string of the molecule is CO[C@@H]1COCC[C@@H]1N[C@@H]1CC[C@@](C(=O)N2C[C@@H]3C[C@H]2CN3C(=O)C2CCC2)(C(C)C)C1. The second-order valence-corrected chi connectivity index (χ2v) is 11.3. The van der Waals surface area contributed by atoms with Crippen molar-refractivity contribution < 1.29 is 19.1 Å². The summed E-state index contributed by atoms with van der Waals surface area (Å²) in [6.45, 7) is 7.33. The smallest absolute Gasteiger partial charge is 0.229 e. The zero-order chi connectivity index (χ0) is 22.5. The average Bonchev–Trinajstić information content (AvgIpc) is 3.47. The molecule has 3 saturated heterocycles. The average molecular weight is 448 g/mol. The molecule has 3 heterocycles. The van der Waals surface area contributed by atoms with E-state index in [2.05, 4.69) is 29.0 Å². The van der Waals surface area contributed by atoms with Gasteiger partial charge >= 0.3 is 0 Å². The molecular weight excluding hydrogens is 406 g/mol. The minimum atomic E-state index is -0.293. The Morgan fingerprint density at radius 1 is 1.09 bits per heavy atom. The first-order valence-electron chi connectivity index (χ1n) is 12.9. The van der Waals surface area contributed by atoms with Crippen LogP contribution >= 0.6 is 0 Å². The number of methoxy groups -OCH3 is 1. The predicted octanol–water partition coefficient (Wildman–Crippen LogP) is 2.19. The Labute approximate surface area is 192 Å². The summed E-state index contributed by atoms with van der Waals surface area (Å²) in [5.74, 6) is 1.25. The van der Waals surface area contributed by atoms with Crippen molar-refractivity contribution in [3.05, 3.63) is 0 Å². The van der Waals surface area contributed by atoms with Crippen molar-refractivity contribution in [2.45, 2.75) is 95.5 Å². The van der Waals surface area contributed by atoms with Gasteiger partial charge in [0.05, 0.1) is 30.2 Å². The van der Waals surface area contributed by atoms with Gasteiger partial charge in [0.2, 0.25) is 11.8 Å². The van der Waals surface area contributed by atoms with E-state index in [9.17, 15) is 9.59 Å². The second-order valence-electron chi connectivity index (χ2n) is 11.3. The fraction of sp³-hybridized carbons (Fsp3) is 0.920. The Morgan fingerprint density at radius 3 is 2.47 bits per heavy atom. The largest absolute Gasteiger partial charge is 0.379 e. The molecular formula is C25H41N3O4. The Morgan fingerprint density at radius 2 is 1.84 bits per heavy atom. The first-order valence-corrected chi connectivity index (χ1v) is 12.9. The molecule has 5 fully saturated rings. The number of hydrogen-bond donors (Lipinski definition) is 1. The van der Waals surface area contributed by atoms with Crippen LogP contribution in [0.2, 0.25) is 0 Å². The highest BCUT2D eigenvalue weighted by molar-refractivity contribution is 5.85. The number of rotatable bonds is 6. The number of hydrogen-bond acceptors (Lipinski definition) is 5. The Kier molecular flexibility index (Phi) is 6.27. The number of likely N-dealkylation sites (tertiary alicyclic amines) is 2. The monoisotopic (exact) mass is 447 g/mol. The fourth-order valence-corrected chi connectivity index (χ4v) is 6.98. The summed E-state index contributed by atoms with van der Waals surface area (Å²) in [5.41, 5.74) is -0.293. The van der Waals surface area contributed by atoms with Crippen molar-refractivity contribution in [2.75, 3.05) is 33.4 Å². The maximum atomic E-state index is 14.0. The van der Waals surface area contributed by atoms with Crippen molar-refractivity contribution >= 4 is 11.8 Å². The van der Waals surface area contributed by atoms with Crippen molar-refractivity contribution in [1.29, 1.82) is 0 Å². The number of fused-ring (bicyclic) bond motifs is 2. The summed E-state index contributed by atoms with van der Waals surface area (Å²) in [4.78, 5) is 31.1. The van der Waals surface area contributed by atoms with Crippen LogP contribution in [-0.2, 0) is 19.1 Å². The van der Waals surface area contributed by atoms with Crippen LogP contribution in [0.25, 0.3) is 0 Å². The summed E-state index contributed by atoms with van der Waals surface area (Å²) in [7, 11) is 1.76. The maximum Gasteiger partial charge on any atom is 0.229 e. The molecule has 0 spiro atoms. The van der Waals surface area contributed by atoms with Gasteiger partial charge in [0.25, 0.3) is 0 Å². The van der Waals surface area contributed by atoms with E-state index >= 15 is 0 Å². The first kappa shape index (κ1) is 22.6. The van der Waals surface area contributed by atoms with E-state index in [0.717, 1.165) is 64.6 Å². The van der Waals surface area contributed by atoms with Gasteiger partial charge in [-0.25, -0.2) is 0 Å². The van der Waals surface area contributed by atoms with E-state index in [1.807, 2.05) is 0 Å². The number of amides is 2. The number of ether oxygens (including phenoxy) is 2. The van der Waals surface area contributed by atoms with E-state index in [4.69, 9.17) is 9.47 Å². The van der Waals surface area contributed by atoms with Crippen LogP contribution in [0.4, 0.5) is 0 Å². The van der Waals surface area contributed by atoms with Crippen molar-refractivity contribution in [2.24, 2.45) is 17.3 Å². The molecule has 2 saturated carbocycles. The molecule has 2 amide bonds. The third-order valence-electron chi connectivity index (χ3n) is 9.38. The number of piperazine rings is 1. The molecule has 180 valence electrons. The minimum absolute atomic E-state index is 0.0852. The summed E-state index contributed by atoms with van der Waals surface area (Å²) in [6.07, 6.45) is 8.18. The highest BCUT2D eigenvalue weighted by atomic mass is 16.5. The van der Waals surface area contributed by atoms with Crippen molar-refractivity contribution in [3.63, 3.8) is 0 Å². The second kappa shape index (κ2) is 8.88. The molecule has 0 radical (unpaired) electrons. The first-order chi connectivity index (χ1) is 15.4. The number of nitrogens with one attached hydrogen (secondary N) is 1. The Hall–Kier alpha value is -1.18. The summed E-state index contributed by atoms with van der Waals surface area (Å²) >= 11 is 0. The van der Waals surface area contributed by atoms with E-state index in [1.54, 1.807) is 7.11 Å². The van der Waals surface area contributed by atoms with Crippen LogP contribution in [0.15, 0.2) is 0 Å². The standard InChI is InChI=1S/C25H41N3O4/c1-16(2)25(9-7-18(12-25)26-21-8-10-32-15-22(21)31-3)24(30)28-14-19-11-20(28)13-27(19)23(29)17-5-4-6-17/h16-22,26H,4-15H2,1-3H3/t18-,19+,20+,21+,22-,25+/m1/s1. The van der Waals surface area contributed by atoms with Crippen LogP contribution in [0.5, 0.6) is 0 Å². The summed E-state index contributed by atoms with van der Waals surface area (Å²) in [6, 6.07) is 1.10. The van der Waals surface area contributed by atoms with E-state index in [-0.39, 0.29) is 29.5 Å². The molecule has 0 aromatic rings. The molecule has 0 aromatic carbocycles. The predicted molar refractivity (Wildman–Crippen MR) is 121 cm³/mol. The minimum Gasteiger partial charge on any atom is -0.379 e. The number of carbonyl (C=O) groups excluding carboxylic acids is 2. The highest BCUT2D eigenvalue weighted by Gasteiger charge is 2.55. The molecule has 2 bridgehead atoms. The van der Waals surface area contributed by atoms with Crippen LogP contribution in [0.3, 0.4) is 0 Å². The quantitative estimate of drug-likeness (QED) is 0.676. The Bertz CT molecular complexity index is 726. The molecule has 6 atom stereocenters. The van der Waals surface area contributed by atoms with Gasteiger partial charge in [0.15, 0.2) is 0 Å². The molecule has 0 aromatic heterocycles. The zero-order valence-corrected chi connectivity index (χ0v) is 20.1. The van der Waals surface area contributed by atoms with E-state index < -0.39 is 0 Å². The van der Waals surface area contributed by atoms with Gasteiger partial charge in [0.1, 0.15) is 0 Å². The van der Waals surface area contributed by atoms with E-state index in [0.29, 0.717) is 36.4 Å². The maximum absolute atomic E-state index is 14.0. The lowest BCUT2D eigenvalue weighted by atomic mass is 9.74. The molecule has 1 N–H and O–H groups in total. The van der Waals surface area contributed by atoms with E-state index in [1.165, 1.54) is 6.42 Å². The van der Waals surface area contributed by atoms with Crippen molar-refractivity contribution in [1.82, 2.24) is 15.1 Å². The van der Waals surface area contributed by atoms with Gasteiger partial charge < -0.3 is 24.6 Å².